The van der Waals surface area contributed by atoms with Crippen LogP contribution in [0.5, 0.6) is 0 Å². The molecule has 1 fully saturated rings. The Bertz CT molecular complexity index is 971. The quantitative estimate of drug-likeness (QED) is 0.472. The molecule has 1 N–H and O–H groups in total. The maximum Gasteiger partial charge on any atom is 0.257 e. The van der Waals surface area contributed by atoms with Crippen LogP contribution in [0.3, 0.4) is 0 Å². The molecule has 2 amide bonds. The summed E-state index contributed by atoms with van der Waals surface area (Å²) in [6.45, 7) is 9.32. The molecule has 3 unspecified atom stereocenters. The molecule has 5 nitrogen and oxygen atoms in total. The van der Waals surface area contributed by atoms with Gasteiger partial charge in [0.15, 0.2) is 0 Å². The van der Waals surface area contributed by atoms with Crippen LogP contribution in [-0.4, -0.2) is 59.1 Å². The molecule has 2 aromatic carbocycles. The third-order valence-corrected chi connectivity index (χ3v) is 7.84. The SMILES string of the molecule is CCN(CC)CCCC(C)NC(=O)C1CSC(c2ccc(F)cc2)N1C(=O)c1ccccc1Cl. The molecule has 0 aromatic heterocycles. The van der Waals surface area contributed by atoms with Crippen LogP contribution in [0.15, 0.2) is 48.5 Å². The second-order valence-corrected chi connectivity index (χ2v) is 10.0. The topological polar surface area (TPSA) is 52.7 Å². The van der Waals surface area contributed by atoms with Crippen molar-refractivity contribution in [2.75, 3.05) is 25.4 Å². The van der Waals surface area contributed by atoms with Crippen molar-refractivity contribution in [3.63, 3.8) is 0 Å². The Labute approximate surface area is 211 Å². The van der Waals surface area contributed by atoms with E-state index in [-0.39, 0.29) is 23.7 Å². The first-order valence-corrected chi connectivity index (χ1v) is 13.2. The van der Waals surface area contributed by atoms with Gasteiger partial charge in [-0.15, -0.1) is 11.8 Å². The van der Waals surface area contributed by atoms with Gasteiger partial charge in [-0.05, 0) is 69.2 Å². The molecular weight excluding hydrogens is 473 g/mol. The van der Waals surface area contributed by atoms with Crippen LogP contribution in [0.2, 0.25) is 5.02 Å². The Morgan fingerprint density at radius 2 is 1.85 bits per heavy atom. The van der Waals surface area contributed by atoms with Gasteiger partial charge in [0.05, 0.1) is 10.6 Å². The van der Waals surface area contributed by atoms with Crippen LogP contribution in [-0.2, 0) is 4.79 Å². The zero-order chi connectivity index (χ0) is 24.7. The normalized spacial score (nSPS) is 18.8. The van der Waals surface area contributed by atoms with E-state index in [1.165, 1.54) is 23.9 Å². The van der Waals surface area contributed by atoms with Crippen LogP contribution >= 0.6 is 23.4 Å². The summed E-state index contributed by atoms with van der Waals surface area (Å²) in [5.41, 5.74) is 1.12. The van der Waals surface area contributed by atoms with E-state index in [2.05, 4.69) is 24.1 Å². The molecule has 2 aromatic rings. The standard InChI is InChI=1S/C26H33ClFN3O2S/c1-4-30(5-2)16-8-9-18(3)29-24(32)23-17-34-26(19-12-14-20(28)15-13-19)31(23)25(33)21-10-6-7-11-22(21)27/h6-7,10-15,18,23,26H,4-5,8-9,16-17H2,1-3H3,(H,29,32). The van der Waals surface area contributed by atoms with Gasteiger partial charge in [0.2, 0.25) is 5.91 Å². The highest BCUT2D eigenvalue weighted by Crippen LogP contribution is 2.42. The molecule has 184 valence electrons. The molecule has 0 radical (unpaired) electrons. The average molecular weight is 506 g/mol. The highest BCUT2D eigenvalue weighted by Gasteiger charge is 2.43. The molecule has 1 heterocycles. The lowest BCUT2D eigenvalue weighted by Crippen LogP contribution is -2.50. The van der Waals surface area contributed by atoms with E-state index in [4.69, 9.17) is 11.6 Å². The zero-order valence-electron chi connectivity index (χ0n) is 20.0. The summed E-state index contributed by atoms with van der Waals surface area (Å²) in [5.74, 6) is -0.369. The minimum absolute atomic E-state index is 0.00445. The van der Waals surface area contributed by atoms with Gasteiger partial charge in [0.1, 0.15) is 17.2 Å². The van der Waals surface area contributed by atoms with Gasteiger partial charge in [-0.1, -0.05) is 49.7 Å². The molecule has 0 aliphatic carbocycles. The highest BCUT2D eigenvalue weighted by atomic mass is 35.5. The number of nitrogens with zero attached hydrogens (tertiary/aromatic N) is 2. The third-order valence-electron chi connectivity index (χ3n) is 6.19. The number of benzene rings is 2. The lowest BCUT2D eigenvalue weighted by molar-refractivity contribution is -0.125. The second kappa shape index (κ2) is 12.6. The molecule has 1 aliphatic rings. The fraction of sp³-hybridized carbons (Fsp3) is 0.462. The fourth-order valence-electron chi connectivity index (χ4n) is 4.19. The first kappa shape index (κ1) is 26.5. The van der Waals surface area contributed by atoms with E-state index < -0.39 is 11.4 Å². The zero-order valence-corrected chi connectivity index (χ0v) is 21.5. The highest BCUT2D eigenvalue weighted by molar-refractivity contribution is 7.99. The number of amides is 2. The summed E-state index contributed by atoms with van der Waals surface area (Å²) in [7, 11) is 0. The molecule has 0 bridgehead atoms. The summed E-state index contributed by atoms with van der Waals surface area (Å²) in [6, 6.07) is 12.3. The Morgan fingerprint density at radius 3 is 2.50 bits per heavy atom. The summed E-state index contributed by atoms with van der Waals surface area (Å²) < 4.78 is 13.5. The molecule has 0 spiro atoms. The molecule has 3 rings (SSSR count). The molecule has 8 heteroatoms. The summed E-state index contributed by atoms with van der Waals surface area (Å²) in [4.78, 5) is 30.9. The number of rotatable bonds is 10. The molecule has 3 atom stereocenters. The van der Waals surface area contributed by atoms with E-state index in [1.807, 2.05) is 6.92 Å². The van der Waals surface area contributed by atoms with Gasteiger partial charge >= 0.3 is 0 Å². The maximum atomic E-state index is 13.6. The van der Waals surface area contributed by atoms with Crippen molar-refractivity contribution in [1.29, 1.82) is 0 Å². The van der Waals surface area contributed by atoms with Gasteiger partial charge in [0, 0.05) is 11.8 Å². The van der Waals surface area contributed by atoms with Crippen LogP contribution in [0.1, 0.15) is 54.9 Å². The van der Waals surface area contributed by atoms with Crippen LogP contribution in [0, 0.1) is 5.82 Å². The lowest BCUT2D eigenvalue weighted by Gasteiger charge is -2.30. The summed E-state index contributed by atoms with van der Waals surface area (Å²) in [6.07, 6.45) is 1.85. The fourth-order valence-corrected chi connectivity index (χ4v) is 5.83. The van der Waals surface area contributed by atoms with E-state index in [0.717, 1.165) is 38.0 Å². The largest absolute Gasteiger partial charge is 0.352 e. The summed E-state index contributed by atoms with van der Waals surface area (Å²) >= 11 is 7.82. The van der Waals surface area contributed by atoms with Gasteiger partial charge in [-0.2, -0.15) is 0 Å². The van der Waals surface area contributed by atoms with E-state index >= 15 is 0 Å². The van der Waals surface area contributed by atoms with Crippen molar-refractivity contribution in [3.05, 3.63) is 70.5 Å². The van der Waals surface area contributed by atoms with Crippen LogP contribution in [0.4, 0.5) is 4.39 Å². The maximum absolute atomic E-state index is 13.6. The van der Waals surface area contributed by atoms with Gasteiger partial charge in [-0.25, -0.2) is 4.39 Å². The van der Waals surface area contributed by atoms with Crippen molar-refractivity contribution in [3.8, 4) is 0 Å². The number of halogens is 2. The minimum atomic E-state index is -0.644. The predicted molar refractivity (Wildman–Crippen MR) is 138 cm³/mol. The van der Waals surface area contributed by atoms with Gasteiger partial charge in [-0.3, -0.25) is 9.59 Å². The van der Waals surface area contributed by atoms with Crippen molar-refractivity contribution in [2.45, 2.75) is 51.1 Å². The molecular formula is C26H33ClFN3O2S. The molecule has 34 heavy (non-hydrogen) atoms. The lowest BCUT2D eigenvalue weighted by atomic mass is 10.1. The monoisotopic (exact) mass is 505 g/mol. The first-order valence-electron chi connectivity index (χ1n) is 11.8. The first-order chi connectivity index (χ1) is 16.3. The Kier molecular flexibility index (Phi) is 9.80. The minimum Gasteiger partial charge on any atom is -0.352 e. The smallest absolute Gasteiger partial charge is 0.257 e. The van der Waals surface area contributed by atoms with Crippen molar-refractivity contribution < 1.29 is 14.0 Å². The Balaban J connectivity index is 1.76. The van der Waals surface area contributed by atoms with E-state index in [9.17, 15) is 14.0 Å². The third kappa shape index (κ3) is 6.52. The number of thioether (sulfide) groups is 1. The number of hydrogen-bond acceptors (Lipinski definition) is 4. The van der Waals surface area contributed by atoms with Crippen LogP contribution < -0.4 is 5.32 Å². The van der Waals surface area contributed by atoms with Crippen molar-refractivity contribution in [2.24, 2.45) is 0 Å². The van der Waals surface area contributed by atoms with E-state index in [1.54, 1.807) is 41.3 Å². The second-order valence-electron chi connectivity index (χ2n) is 8.52. The Hall–Kier alpha value is -2.09. The number of nitrogens with one attached hydrogen (secondary N) is 1. The Morgan fingerprint density at radius 1 is 1.18 bits per heavy atom. The number of carbonyl (C=O) groups is 2. The van der Waals surface area contributed by atoms with Crippen LogP contribution in [0.25, 0.3) is 0 Å². The van der Waals surface area contributed by atoms with Crippen molar-refractivity contribution in [1.82, 2.24) is 15.1 Å². The van der Waals surface area contributed by atoms with Crippen molar-refractivity contribution >= 4 is 35.2 Å². The predicted octanol–water partition coefficient (Wildman–Crippen LogP) is 5.36. The number of carbonyl (C=O) groups excluding carboxylic acids is 2. The molecule has 1 aliphatic heterocycles. The summed E-state index contributed by atoms with van der Waals surface area (Å²) in [5, 5.41) is 3.04. The molecule has 1 saturated heterocycles. The van der Waals surface area contributed by atoms with Gasteiger partial charge in [0.25, 0.3) is 5.91 Å². The van der Waals surface area contributed by atoms with Gasteiger partial charge < -0.3 is 15.1 Å². The average Bonchev–Trinajstić information content (AvgIpc) is 3.27. The number of hydrogen-bond donors (Lipinski definition) is 1. The molecule has 0 saturated carbocycles. The van der Waals surface area contributed by atoms with E-state index in [0.29, 0.717) is 16.3 Å².